The predicted molar refractivity (Wildman–Crippen MR) is 37.6 cm³/mol. The van der Waals surface area contributed by atoms with Gasteiger partial charge in [-0.1, -0.05) is 18.9 Å². The van der Waals surface area contributed by atoms with Gasteiger partial charge in [0.1, 0.15) is 0 Å². The monoisotopic (exact) mass is 111 g/mol. The van der Waals surface area contributed by atoms with Gasteiger partial charge in [-0.25, -0.2) is 0 Å². The Balaban J connectivity index is 3.03. The second kappa shape index (κ2) is 4.89. The van der Waals surface area contributed by atoms with Gasteiger partial charge in [-0.3, -0.25) is 0 Å². The molecule has 0 nitrogen and oxygen atoms in total. The molecule has 0 fully saturated rings. The maximum atomic E-state index is 3.26. The average Bonchev–Trinajstić information content (AvgIpc) is 1.66. The van der Waals surface area contributed by atoms with Crippen LogP contribution in [0.1, 0.15) is 40.0 Å². The highest BCUT2D eigenvalue weighted by atomic mass is 13.8. The molecule has 0 saturated heterocycles. The van der Waals surface area contributed by atoms with Crippen molar-refractivity contribution < 1.29 is 0 Å². The molecule has 0 aromatic heterocycles. The normalized spacial score (nSPS) is 8.88. The van der Waals surface area contributed by atoms with E-state index in [1.807, 2.05) is 0 Å². The molecule has 0 amide bonds. The zero-order chi connectivity index (χ0) is 6.41. The van der Waals surface area contributed by atoms with E-state index in [4.69, 9.17) is 0 Å². The van der Waals surface area contributed by atoms with Crippen LogP contribution in [0, 0.1) is 6.08 Å². The third kappa shape index (κ3) is 5.74. The summed E-state index contributed by atoms with van der Waals surface area (Å²) in [6.07, 6.45) is 6.96. The first-order valence-electron chi connectivity index (χ1n) is 3.31. The fourth-order valence-electron chi connectivity index (χ4n) is 0.515. The van der Waals surface area contributed by atoms with Gasteiger partial charge in [0.2, 0.25) is 0 Å². The Hall–Kier alpha value is -0.260. The van der Waals surface area contributed by atoms with Crippen molar-refractivity contribution in [2.45, 2.75) is 40.0 Å². The van der Waals surface area contributed by atoms with Crippen molar-refractivity contribution in [3.8, 4) is 0 Å². The van der Waals surface area contributed by atoms with Gasteiger partial charge < -0.3 is 0 Å². The number of hydrogen-bond donors (Lipinski definition) is 0. The molecule has 0 bridgehead atoms. The van der Waals surface area contributed by atoms with E-state index in [2.05, 4.69) is 26.8 Å². The van der Waals surface area contributed by atoms with Crippen LogP contribution in [-0.2, 0) is 0 Å². The maximum Gasteiger partial charge on any atom is -0.0277 e. The number of allylic oxidation sites excluding steroid dienone is 2. The molecular weight excluding hydrogens is 96.1 g/mol. The Morgan fingerprint density at radius 3 is 2.38 bits per heavy atom. The highest BCUT2D eigenvalue weighted by molar-refractivity contribution is 4.85. The smallest absolute Gasteiger partial charge is 0.0277 e. The Bertz CT molecular complexity index is 66.1. The molecular formula is C8H15. The molecule has 1 radical (unpaired) electrons. The van der Waals surface area contributed by atoms with Gasteiger partial charge in [-0.2, -0.15) is 0 Å². The van der Waals surface area contributed by atoms with Gasteiger partial charge in [0.05, 0.1) is 0 Å². The molecule has 0 N–H and O–H groups in total. The second-order valence-corrected chi connectivity index (χ2v) is 2.28. The fraction of sp³-hybridized carbons (Fsp3) is 0.750. The molecule has 0 heterocycles. The lowest BCUT2D eigenvalue weighted by atomic mass is 10.2. The van der Waals surface area contributed by atoms with Crippen LogP contribution in [0.3, 0.4) is 0 Å². The van der Waals surface area contributed by atoms with Gasteiger partial charge in [0.15, 0.2) is 0 Å². The minimum Gasteiger partial charge on any atom is -0.0730 e. The van der Waals surface area contributed by atoms with Crippen molar-refractivity contribution >= 4 is 0 Å². The average molecular weight is 111 g/mol. The van der Waals surface area contributed by atoms with Crippen LogP contribution in [-0.4, -0.2) is 0 Å². The third-order valence-corrected chi connectivity index (χ3v) is 1.01. The summed E-state index contributed by atoms with van der Waals surface area (Å²) < 4.78 is 0. The van der Waals surface area contributed by atoms with Crippen molar-refractivity contribution in [1.29, 1.82) is 0 Å². The van der Waals surface area contributed by atoms with Crippen molar-refractivity contribution in [3.05, 3.63) is 11.6 Å². The van der Waals surface area contributed by atoms with Gasteiger partial charge in [0.25, 0.3) is 0 Å². The first kappa shape index (κ1) is 7.74. The van der Waals surface area contributed by atoms with Crippen LogP contribution in [0.4, 0.5) is 0 Å². The molecule has 0 rings (SSSR count). The quantitative estimate of drug-likeness (QED) is 0.491. The summed E-state index contributed by atoms with van der Waals surface area (Å²) in [5.74, 6) is 0. The molecule has 0 heteroatoms. The maximum absolute atomic E-state index is 3.26. The summed E-state index contributed by atoms with van der Waals surface area (Å²) in [6.45, 7) is 6.39. The van der Waals surface area contributed by atoms with Gasteiger partial charge in [-0.15, -0.1) is 0 Å². The Labute approximate surface area is 52.6 Å². The van der Waals surface area contributed by atoms with E-state index >= 15 is 0 Å². The Kier molecular flexibility index (Phi) is 4.73. The van der Waals surface area contributed by atoms with Gasteiger partial charge >= 0.3 is 0 Å². The van der Waals surface area contributed by atoms with E-state index in [0.717, 1.165) is 6.42 Å². The van der Waals surface area contributed by atoms with E-state index in [1.165, 1.54) is 18.4 Å². The largest absolute Gasteiger partial charge is 0.0730 e. The van der Waals surface area contributed by atoms with E-state index in [0.29, 0.717) is 0 Å². The van der Waals surface area contributed by atoms with E-state index in [1.54, 1.807) is 0 Å². The zero-order valence-electron chi connectivity index (χ0n) is 6.12. The van der Waals surface area contributed by atoms with Gasteiger partial charge in [0, 0.05) is 0 Å². The number of unbranched alkanes of at least 4 members (excludes halogenated alkanes) is 2. The molecule has 0 aliphatic rings. The lowest BCUT2D eigenvalue weighted by molar-refractivity contribution is 0.799. The Morgan fingerprint density at radius 2 is 2.00 bits per heavy atom. The van der Waals surface area contributed by atoms with Crippen LogP contribution in [0.25, 0.3) is 0 Å². The summed E-state index contributed by atoms with van der Waals surface area (Å²) in [7, 11) is 0. The topological polar surface area (TPSA) is 0 Å². The van der Waals surface area contributed by atoms with Crippen LogP contribution in [0.15, 0.2) is 5.57 Å². The zero-order valence-corrected chi connectivity index (χ0v) is 6.12. The fourth-order valence-corrected chi connectivity index (χ4v) is 0.515. The summed E-state index contributed by atoms with van der Waals surface area (Å²) in [4.78, 5) is 0. The highest BCUT2D eigenvalue weighted by Crippen LogP contribution is 1.97. The van der Waals surface area contributed by atoms with Crippen LogP contribution in [0.5, 0.6) is 0 Å². The SMILES string of the molecule is CCCC[C]=C(C)C. The van der Waals surface area contributed by atoms with Crippen molar-refractivity contribution in [2.75, 3.05) is 0 Å². The van der Waals surface area contributed by atoms with E-state index in [9.17, 15) is 0 Å². The Morgan fingerprint density at radius 1 is 1.38 bits per heavy atom. The van der Waals surface area contributed by atoms with Crippen molar-refractivity contribution in [3.63, 3.8) is 0 Å². The lowest BCUT2D eigenvalue weighted by Gasteiger charge is -1.88. The summed E-state index contributed by atoms with van der Waals surface area (Å²) in [5.41, 5.74) is 1.32. The molecule has 0 aliphatic heterocycles. The number of rotatable bonds is 3. The standard InChI is InChI=1S/C8H15/c1-4-5-6-7-8(2)3/h4-6H2,1-3H3. The summed E-state index contributed by atoms with van der Waals surface area (Å²) >= 11 is 0. The lowest BCUT2D eigenvalue weighted by Crippen LogP contribution is -1.69. The summed E-state index contributed by atoms with van der Waals surface area (Å²) in [6, 6.07) is 0. The summed E-state index contributed by atoms with van der Waals surface area (Å²) in [5, 5.41) is 0. The first-order chi connectivity index (χ1) is 3.77. The molecule has 8 heavy (non-hydrogen) atoms. The minimum atomic E-state index is 1.14. The predicted octanol–water partition coefficient (Wildman–Crippen LogP) is 2.95. The van der Waals surface area contributed by atoms with Gasteiger partial charge in [-0.05, 0) is 32.8 Å². The highest BCUT2D eigenvalue weighted by Gasteiger charge is 1.78. The van der Waals surface area contributed by atoms with Crippen LogP contribution in [0.2, 0.25) is 0 Å². The molecule has 0 atom stereocenters. The van der Waals surface area contributed by atoms with E-state index < -0.39 is 0 Å². The molecule has 47 valence electrons. The van der Waals surface area contributed by atoms with Crippen LogP contribution >= 0.6 is 0 Å². The molecule has 0 aliphatic carbocycles. The molecule has 0 aromatic carbocycles. The van der Waals surface area contributed by atoms with Crippen molar-refractivity contribution in [2.24, 2.45) is 0 Å². The molecule has 0 saturated carbocycles. The number of hydrogen-bond acceptors (Lipinski definition) is 0. The molecule has 0 aromatic rings. The first-order valence-corrected chi connectivity index (χ1v) is 3.31. The molecule has 0 unspecified atom stereocenters. The molecule has 0 spiro atoms. The minimum absolute atomic E-state index is 1.14. The third-order valence-electron chi connectivity index (χ3n) is 1.01. The van der Waals surface area contributed by atoms with Crippen LogP contribution < -0.4 is 0 Å². The van der Waals surface area contributed by atoms with E-state index in [-0.39, 0.29) is 0 Å². The second-order valence-electron chi connectivity index (χ2n) is 2.28. The van der Waals surface area contributed by atoms with Crippen molar-refractivity contribution in [1.82, 2.24) is 0 Å².